The maximum Gasteiger partial charge on any atom is 0.349 e. The van der Waals surface area contributed by atoms with E-state index >= 15 is 0 Å². The number of carbonyl (C=O) groups excluding carboxylic acids is 1. The topological polar surface area (TPSA) is 69.7 Å². The molecule has 0 aliphatic heterocycles. The summed E-state index contributed by atoms with van der Waals surface area (Å²) >= 11 is 1.25. The number of thiazole rings is 1. The maximum atomic E-state index is 11.3. The van der Waals surface area contributed by atoms with Gasteiger partial charge in [0.05, 0.1) is 27.5 Å². The summed E-state index contributed by atoms with van der Waals surface area (Å²) < 4.78 is 15.1. The zero-order valence-electron chi connectivity index (χ0n) is 12.0. The molecule has 1 heterocycles. The van der Waals surface area contributed by atoms with E-state index in [0.717, 1.165) is 5.56 Å². The molecule has 7 heteroatoms. The van der Waals surface area contributed by atoms with Gasteiger partial charge in [-0.1, -0.05) is 17.4 Å². The minimum Gasteiger partial charge on any atom is -0.493 e. The summed E-state index contributed by atoms with van der Waals surface area (Å²) in [7, 11) is 4.54. The Kier molecular flexibility index (Phi) is 4.99. The minimum absolute atomic E-state index is 0.383. The Labute approximate surface area is 126 Å². The van der Waals surface area contributed by atoms with Crippen LogP contribution >= 0.6 is 11.3 Å². The number of aromatic nitrogens is 1. The van der Waals surface area contributed by atoms with Crippen molar-refractivity contribution in [3.05, 3.63) is 34.8 Å². The lowest BCUT2D eigenvalue weighted by Gasteiger charge is -2.09. The molecule has 0 fully saturated rings. The molecule has 2 aromatic rings. The highest BCUT2D eigenvalue weighted by Crippen LogP contribution is 2.28. The standard InChI is InChI=1S/C14H16N2O4S/c1-18-10-5-4-9(6-11(10)19-2)7-15-14-16-8-12(21-14)13(17)20-3/h4-6,8H,7H2,1-3H3,(H,15,16). The Bertz CT molecular complexity index is 627. The third kappa shape index (κ3) is 3.63. The highest BCUT2D eigenvalue weighted by atomic mass is 32.1. The Balaban J connectivity index is 2.02. The van der Waals surface area contributed by atoms with Gasteiger partial charge in [-0.05, 0) is 17.7 Å². The first-order valence-electron chi connectivity index (χ1n) is 6.17. The average molecular weight is 308 g/mol. The molecule has 0 saturated heterocycles. The summed E-state index contributed by atoms with van der Waals surface area (Å²) in [6.45, 7) is 0.564. The molecule has 2 rings (SSSR count). The number of benzene rings is 1. The SMILES string of the molecule is COC(=O)c1cnc(NCc2ccc(OC)c(OC)c2)s1. The van der Waals surface area contributed by atoms with Crippen molar-refractivity contribution in [3.63, 3.8) is 0 Å². The lowest BCUT2D eigenvalue weighted by molar-refractivity contribution is 0.0606. The van der Waals surface area contributed by atoms with Gasteiger partial charge in [0, 0.05) is 6.54 Å². The van der Waals surface area contributed by atoms with Crippen LogP contribution < -0.4 is 14.8 Å². The van der Waals surface area contributed by atoms with Crippen LogP contribution in [-0.4, -0.2) is 32.3 Å². The quantitative estimate of drug-likeness (QED) is 0.827. The van der Waals surface area contributed by atoms with Gasteiger partial charge in [-0.15, -0.1) is 0 Å². The van der Waals surface area contributed by atoms with Crippen molar-refractivity contribution in [2.75, 3.05) is 26.6 Å². The van der Waals surface area contributed by atoms with Crippen LogP contribution in [0.1, 0.15) is 15.2 Å². The molecule has 0 aliphatic carbocycles. The van der Waals surface area contributed by atoms with E-state index in [1.165, 1.54) is 24.6 Å². The van der Waals surface area contributed by atoms with Gasteiger partial charge in [0.15, 0.2) is 16.6 Å². The molecule has 0 bridgehead atoms. The molecule has 1 aromatic heterocycles. The summed E-state index contributed by atoms with van der Waals surface area (Å²) in [6, 6.07) is 5.67. The van der Waals surface area contributed by atoms with Crippen LogP contribution in [0.15, 0.2) is 24.4 Å². The van der Waals surface area contributed by atoms with Gasteiger partial charge in [0.25, 0.3) is 0 Å². The van der Waals surface area contributed by atoms with Gasteiger partial charge in [0.1, 0.15) is 4.88 Å². The fraction of sp³-hybridized carbons (Fsp3) is 0.286. The van der Waals surface area contributed by atoms with E-state index in [-0.39, 0.29) is 5.97 Å². The fourth-order valence-corrected chi connectivity index (χ4v) is 2.45. The molecular formula is C14H16N2O4S. The Morgan fingerprint density at radius 2 is 2.00 bits per heavy atom. The van der Waals surface area contributed by atoms with Gasteiger partial charge in [0.2, 0.25) is 0 Å². The number of methoxy groups -OCH3 is 3. The predicted molar refractivity (Wildman–Crippen MR) is 80.3 cm³/mol. The van der Waals surface area contributed by atoms with Crippen LogP contribution in [0.3, 0.4) is 0 Å². The summed E-state index contributed by atoms with van der Waals surface area (Å²) in [4.78, 5) is 15.9. The second-order valence-electron chi connectivity index (χ2n) is 4.06. The Morgan fingerprint density at radius 3 is 2.67 bits per heavy atom. The van der Waals surface area contributed by atoms with Crippen LogP contribution in [0, 0.1) is 0 Å². The van der Waals surface area contributed by atoms with E-state index < -0.39 is 0 Å². The first-order valence-corrected chi connectivity index (χ1v) is 6.98. The Morgan fingerprint density at radius 1 is 1.24 bits per heavy atom. The van der Waals surface area contributed by atoms with Crippen molar-refractivity contribution in [1.29, 1.82) is 0 Å². The predicted octanol–water partition coefficient (Wildman–Crippen LogP) is 2.56. The summed E-state index contributed by atoms with van der Waals surface area (Å²) in [5.41, 5.74) is 1.02. The van der Waals surface area contributed by atoms with Crippen molar-refractivity contribution in [3.8, 4) is 11.5 Å². The lowest BCUT2D eigenvalue weighted by Crippen LogP contribution is -2.00. The number of esters is 1. The normalized spacial score (nSPS) is 10.0. The molecule has 1 aromatic carbocycles. The molecule has 0 saturated carbocycles. The van der Waals surface area contributed by atoms with E-state index in [1.54, 1.807) is 14.2 Å². The van der Waals surface area contributed by atoms with Crippen LogP contribution in [0.5, 0.6) is 11.5 Å². The molecule has 0 spiro atoms. The van der Waals surface area contributed by atoms with Crippen molar-refractivity contribution in [1.82, 2.24) is 4.98 Å². The van der Waals surface area contributed by atoms with Gasteiger partial charge in [-0.25, -0.2) is 9.78 Å². The third-order valence-corrected chi connectivity index (χ3v) is 3.72. The van der Waals surface area contributed by atoms with E-state index in [4.69, 9.17) is 9.47 Å². The highest BCUT2D eigenvalue weighted by molar-refractivity contribution is 7.17. The number of hydrogen-bond acceptors (Lipinski definition) is 7. The number of carbonyl (C=O) groups is 1. The maximum absolute atomic E-state index is 11.3. The van der Waals surface area contributed by atoms with E-state index in [2.05, 4.69) is 15.0 Å². The second kappa shape index (κ2) is 6.94. The fourth-order valence-electron chi connectivity index (χ4n) is 1.72. The monoisotopic (exact) mass is 308 g/mol. The number of rotatable bonds is 6. The second-order valence-corrected chi connectivity index (χ2v) is 5.09. The number of anilines is 1. The van der Waals surface area contributed by atoms with Crippen LogP contribution in [-0.2, 0) is 11.3 Å². The van der Waals surface area contributed by atoms with E-state index in [9.17, 15) is 4.79 Å². The smallest absolute Gasteiger partial charge is 0.349 e. The first-order chi connectivity index (χ1) is 10.2. The zero-order chi connectivity index (χ0) is 15.2. The van der Waals surface area contributed by atoms with Crippen LogP contribution in [0.25, 0.3) is 0 Å². The molecule has 0 radical (unpaired) electrons. The number of nitrogens with one attached hydrogen (secondary N) is 1. The molecule has 112 valence electrons. The largest absolute Gasteiger partial charge is 0.493 e. The zero-order valence-corrected chi connectivity index (χ0v) is 12.8. The molecule has 1 N–H and O–H groups in total. The number of hydrogen-bond donors (Lipinski definition) is 1. The van der Waals surface area contributed by atoms with Crippen LogP contribution in [0.2, 0.25) is 0 Å². The minimum atomic E-state index is -0.383. The molecule has 0 amide bonds. The van der Waals surface area contributed by atoms with Crippen molar-refractivity contribution < 1.29 is 19.0 Å². The summed E-state index contributed by atoms with van der Waals surface area (Å²) in [5.74, 6) is 0.973. The molecular weight excluding hydrogens is 292 g/mol. The molecule has 6 nitrogen and oxygen atoms in total. The molecule has 0 atom stereocenters. The van der Waals surface area contributed by atoms with E-state index in [0.29, 0.717) is 28.1 Å². The van der Waals surface area contributed by atoms with Gasteiger partial charge >= 0.3 is 5.97 Å². The first kappa shape index (κ1) is 15.1. The van der Waals surface area contributed by atoms with Crippen LogP contribution in [0.4, 0.5) is 5.13 Å². The Hall–Kier alpha value is -2.28. The third-order valence-electron chi connectivity index (χ3n) is 2.78. The van der Waals surface area contributed by atoms with Crippen molar-refractivity contribution in [2.45, 2.75) is 6.54 Å². The summed E-state index contributed by atoms with van der Waals surface area (Å²) in [6.07, 6.45) is 1.49. The average Bonchev–Trinajstić information content (AvgIpc) is 3.00. The van der Waals surface area contributed by atoms with Gasteiger partial charge < -0.3 is 19.5 Å². The van der Waals surface area contributed by atoms with Gasteiger partial charge in [-0.3, -0.25) is 0 Å². The van der Waals surface area contributed by atoms with Crippen molar-refractivity contribution in [2.24, 2.45) is 0 Å². The lowest BCUT2D eigenvalue weighted by atomic mass is 10.2. The highest BCUT2D eigenvalue weighted by Gasteiger charge is 2.10. The molecule has 0 unspecified atom stereocenters. The van der Waals surface area contributed by atoms with Crippen molar-refractivity contribution >= 4 is 22.4 Å². The van der Waals surface area contributed by atoms with Gasteiger partial charge in [-0.2, -0.15) is 0 Å². The number of ether oxygens (including phenoxy) is 3. The molecule has 21 heavy (non-hydrogen) atoms. The number of nitrogens with zero attached hydrogens (tertiary/aromatic N) is 1. The summed E-state index contributed by atoms with van der Waals surface area (Å²) in [5, 5.41) is 3.81. The molecule has 0 aliphatic rings. The van der Waals surface area contributed by atoms with E-state index in [1.807, 2.05) is 18.2 Å².